The van der Waals surface area contributed by atoms with E-state index in [0.717, 1.165) is 21.9 Å². The van der Waals surface area contributed by atoms with Gasteiger partial charge in [0.25, 0.3) is 0 Å². The molecule has 0 radical (unpaired) electrons. The molecule has 0 unspecified atom stereocenters. The van der Waals surface area contributed by atoms with Crippen LogP contribution in [0.4, 0.5) is 5.69 Å². The Bertz CT molecular complexity index is 1800. The number of esters is 1. The maximum Gasteiger partial charge on any atom is 0.306 e. The zero-order valence-corrected chi connectivity index (χ0v) is 29.4. The highest BCUT2D eigenvalue weighted by Crippen LogP contribution is 2.30. The average Bonchev–Trinajstić information content (AvgIpc) is 3.13. The summed E-state index contributed by atoms with van der Waals surface area (Å²) in [7, 11) is 2.80. The summed E-state index contributed by atoms with van der Waals surface area (Å²) in [6, 6.07) is 26.6. The Morgan fingerprint density at radius 3 is 1.76 bits per heavy atom. The average molecular weight is 695 g/mol. The fourth-order valence-corrected chi connectivity index (χ4v) is 5.70. The Balaban J connectivity index is 1.56. The van der Waals surface area contributed by atoms with E-state index in [2.05, 4.69) is 26.0 Å². The number of hydrogen-bond acceptors (Lipinski definition) is 7. The number of methoxy groups -OCH3 is 2. The quantitative estimate of drug-likeness (QED) is 0.117. The number of fused-ring (bicyclic) bond motifs is 1. The lowest BCUT2D eigenvalue weighted by atomic mass is 9.99. The van der Waals surface area contributed by atoms with Gasteiger partial charge in [0.05, 0.1) is 20.6 Å². The molecular weight excluding hydrogens is 648 g/mol. The number of rotatable bonds is 17. The van der Waals surface area contributed by atoms with E-state index >= 15 is 0 Å². The first-order valence-electron chi connectivity index (χ1n) is 17.0. The first kappa shape index (κ1) is 38.1. The van der Waals surface area contributed by atoms with Gasteiger partial charge in [0.2, 0.25) is 23.6 Å². The predicted octanol–water partition coefficient (Wildman–Crippen LogP) is 4.73. The van der Waals surface area contributed by atoms with Crippen LogP contribution in [-0.2, 0) is 41.6 Å². The number of benzene rings is 4. The van der Waals surface area contributed by atoms with Gasteiger partial charge in [-0.05, 0) is 34.9 Å². The van der Waals surface area contributed by atoms with Gasteiger partial charge in [0.1, 0.15) is 23.9 Å². The molecule has 0 aliphatic heterocycles. The molecule has 0 spiro atoms. The number of ether oxygens (including phenoxy) is 2. The molecule has 4 amide bonds. The van der Waals surface area contributed by atoms with Crippen LogP contribution < -0.4 is 26.0 Å². The van der Waals surface area contributed by atoms with Crippen molar-refractivity contribution in [3.8, 4) is 5.75 Å². The van der Waals surface area contributed by atoms with E-state index in [1.807, 2.05) is 105 Å². The third-order valence-corrected chi connectivity index (χ3v) is 8.29. The van der Waals surface area contributed by atoms with Crippen molar-refractivity contribution >= 4 is 46.1 Å². The Hall–Kier alpha value is -5.71. The molecule has 0 bridgehead atoms. The Kier molecular flexibility index (Phi) is 14.1. The topological polar surface area (TPSA) is 152 Å². The molecule has 11 nitrogen and oxygen atoms in total. The van der Waals surface area contributed by atoms with Gasteiger partial charge in [-0.15, -0.1) is 0 Å². The molecule has 0 heterocycles. The van der Waals surface area contributed by atoms with E-state index in [4.69, 9.17) is 4.74 Å². The normalized spacial score (nSPS) is 12.6. The second-order valence-electron chi connectivity index (χ2n) is 12.7. The van der Waals surface area contributed by atoms with Crippen molar-refractivity contribution < 1.29 is 33.4 Å². The summed E-state index contributed by atoms with van der Waals surface area (Å²) in [4.78, 5) is 66.1. The van der Waals surface area contributed by atoms with Crippen LogP contribution in [0, 0.1) is 5.92 Å². The first-order valence-corrected chi connectivity index (χ1v) is 17.0. The summed E-state index contributed by atoms with van der Waals surface area (Å²) in [5.74, 6) is -2.02. The monoisotopic (exact) mass is 694 g/mol. The van der Waals surface area contributed by atoms with Crippen molar-refractivity contribution in [3.63, 3.8) is 0 Å². The van der Waals surface area contributed by atoms with Crippen LogP contribution in [0.15, 0.2) is 97.1 Å². The second kappa shape index (κ2) is 18.9. The van der Waals surface area contributed by atoms with E-state index in [-0.39, 0.29) is 38.0 Å². The summed E-state index contributed by atoms with van der Waals surface area (Å²) < 4.78 is 10.2. The third kappa shape index (κ3) is 11.7. The van der Waals surface area contributed by atoms with Crippen molar-refractivity contribution in [2.24, 2.45) is 5.92 Å². The van der Waals surface area contributed by atoms with Crippen LogP contribution in [0.25, 0.3) is 10.8 Å². The maximum absolute atomic E-state index is 14.0. The number of carbonyl (C=O) groups is 5. The molecule has 0 aliphatic rings. The molecule has 0 aromatic heterocycles. The van der Waals surface area contributed by atoms with Crippen LogP contribution in [0.1, 0.15) is 44.2 Å². The molecule has 4 rings (SSSR count). The smallest absolute Gasteiger partial charge is 0.306 e. The number of hydrogen-bond donors (Lipinski definition) is 4. The lowest BCUT2D eigenvalue weighted by Gasteiger charge is -2.26. The van der Waals surface area contributed by atoms with Crippen LogP contribution in [0.5, 0.6) is 5.75 Å². The predicted molar refractivity (Wildman–Crippen MR) is 196 cm³/mol. The lowest BCUT2D eigenvalue weighted by Crippen LogP contribution is -2.57. The molecule has 4 aromatic rings. The van der Waals surface area contributed by atoms with E-state index in [1.165, 1.54) is 7.11 Å². The molecule has 268 valence electrons. The van der Waals surface area contributed by atoms with Crippen molar-refractivity contribution in [3.05, 3.63) is 108 Å². The first-order chi connectivity index (χ1) is 24.6. The zero-order valence-electron chi connectivity index (χ0n) is 29.4. The molecule has 4 N–H and O–H groups in total. The minimum absolute atomic E-state index is 0.00487. The largest absolute Gasteiger partial charge is 0.496 e. The number of anilines is 1. The molecule has 3 atom stereocenters. The van der Waals surface area contributed by atoms with Crippen LogP contribution in [-0.4, -0.2) is 61.9 Å². The number of carbonyl (C=O) groups excluding carboxylic acids is 5. The van der Waals surface area contributed by atoms with Crippen molar-refractivity contribution in [1.82, 2.24) is 16.0 Å². The van der Waals surface area contributed by atoms with Crippen LogP contribution in [0.3, 0.4) is 0 Å². The van der Waals surface area contributed by atoms with Gasteiger partial charge in [-0.2, -0.15) is 0 Å². The second-order valence-corrected chi connectivity index (χ2v) is 12.7. The lowest BCUT2D eigenvalue weighted by molar-refractivity contribution is -0.142. The van der Waals surface area contributed by atoms with Crippen molar-refractivity contribution in [2.45, 2.75) is 64.1 Å². The highest BCUT2D eigenvalue weighted by molar-refractivity contribution is 6.01. The van der Waals surface area contributed by atoms with E-state index < -0.39 is 47.7 Å². The summed E-state index contributed by atoms with van der Waals surface area (Å²) in [6.07, 6.45) is 0.310. The Labute approximate surface area is 298 Å². The van der Waals surface area contributed by atoms with Crippen molar-refractivity contribution in [2.75, 3.05) is 19.5 Å². The summed E-state index contributed by atoms with van der Waals surface area (Å²) in [5.41, 5.74) is 2.12. The van der Waals surface area contributed by atoms with Gasteiger partial charge < -0.3 is 30.7 Å². The Morgan fingerprint density at radius 2 is 1.18 bits per heavy atom. The molecule has 0 fully saturated rings. The minimum Gasteiger partial charge on any atom is -0.496 e. The minimum atomic E-state index is -1.04. The summed E-state index contributed by atoms with van der Waals surface area (Å²) in [5, 5.41) is 13.2. The third-order valence-electron chi connectivity index (χ3n) is 8.29. The Morgan fingerprint density at radius 1 is 0.627 bits per heavy atom. The van der Waals surface area contributed by atoms with E-state index in [0.29, 0.717) is 11.4 Å². The van der Waals surface area contributed by atoms with E-state index in [1.54, 1.807) is 13.2 Å². The maximum atomic E-state index is 14.0. The van der Waals surface area contributed by atoms with Gasteiger partial charge in [0, 0.05) is 36.4 Å². The fourth-order valence-electron chi connectivity index (χ4n) is 5.70. The molecule has 0 aliphatic carbocycles. The van der Waals surface area contributed by atoms with Gasteiger partial charge >= 0.3 is 5.97 Å². The van der Waals surface area contributed by atoms with E-state index in [9.17, 15) is 24.0 Å². The number of amides is 4. The fraction of sp³-hybridized carbons (Fsp3) is 0.325. The van der Waals surface area contributed by atoms with Gasteiger partial charge in [-0.3, -0.25) is 24.0 Å². The molecular formula is C40H46N4O7. The van der Waals surface area contributed by atoms with Gasteiger partial charge in [0.15, 0.2) is 0 Å². The molecule has 4 aromatic carbocycles. The summed E-state index contributed by atoms with van der Waals surface area (Å²) >= 11 is 0. The zero-order chi connectivity index (χ0) is 36.8. The standard InChI is InChI=1S/C40H46N4O7/c1-26(2)21-32(43-40(49)33(22-27-13-7-5-8-14-27)42-36(45)19-20-37(46)51-4)39(48)44-34(23-28-15-9-6-10-16-28)38(47)41-30-24-29-17-11-12-18-31(29)35(25-30)50-3/h5-18,24-26,32-34H,19-23H2,1-4H3,(H,41,47)(H,42,45)(H,43,49)(H,44,48)/t32-,33-,34-/m0/s1. The van der Waals surface area contributed by atoms with Gasteiger partial charge in [-0.25, -0.2) is 0 Å². The van der Waals surface area contributed by atoms with Crippen LogP contribution in [0.2, 0.25) is 0 Å². The highest BCUT2D eigenvalue weighted by Gasteiger charge is 2.31. The number of nitrogens with one attached hydrogen (secondary N) is 4. The van der Waals surface area contributed by atoms with Crippen LogP contribution >= 0.6 is 0 Å². The molecule has 0 saturated carbocycles. The van der Waals surface area contributed by atoms with Gasteiger partial charge in [-0.1, -0.05) is 98.8 Å². The van der Waals surface area contributed by atoms with Crippen molar-refractivity contribution in [1.29, 1.82) is 0 Å². The molecule has 51 heavy (non-hydrogen) atoms. The summed E-state index contributed by atoms with van der Waals surface area (Å²) in [6.45, 7) is 3.84. The SMILES string of the molecule is COC(=O)CCC(=O)N[C@@H](Cc1ccccc1)C(=O)N[C@@H](CC(C)C)C(=O)N[C@@H](Cc1ccccc1)C(=O)Nc1cc(OC)c2ccccc2c1. The highest BCUT2D eigenvalue weighted by atomic mass is 16.5. The molecule has 0 saturated heterocycles. The molecule has 11 heteroatoms.